The number of carbonyl (C=O) groups excluding carboxylic acids is 1. The molecular weight excluding hydrogens is 392 g/mol. The molecular formula is C22H26O8. The summed E-state index contributed by atoms with van der Waals surface area (Å²) < 4.78 is 16.0. The Balaban J connectivity index is 1.85. The number of rotatable bonds is 5. The molecule has 0 radical (unpaired) electrons. The Kier molecular flexibility index (Phi) is 6.44. The average Bonchev–Trinajstić information content (AvgIpc) is 2.75. The Morgan fingerprint density at radius 2 is 1.87 bits per heavy atom. The number of aliphatic hydroxyl groups excluding tert-OH is 3. The zero-order chi connectivity index (χ0) is 22.1. The van der Waals surface area contributed by atoms with Crippen LogP contribution >= 0.6 is 0 Å². The molecule has 2 aromatic carbocycles. The van der Waals surface area contributed by atoms with Crippen LogP contribution < -0.4 is 4.74 Å². The maximum atomic E-state index is 11.8. The first kappa shape index (κ1) is 22.2. The smallest absolute Gasteiger partial charge is 0.337 e. The van der Waals surface area contributed by atoms with Gasteiger partial charge >= 0.3 is 5.97 Å². The van der Waals surface area contributed by atoms with E-state index in [2.05, 4.69) is 0 Å². The average molecular weight is 418 g/mol. The van der Waals surface area contributed by atoms with Gasteiger partial charge in [-0.3, -0.25) is 0 Å². The second-order valence-electron chi connectivity index (χ2n) is 7.52. The van der Waals surface area contributed by atoms with E-state index in [0.29, 0.717) is 11.3 Å². The van der Waals surface area contributed by atoms with Crippen molar-refractivity contribution in [3.63, 3.8) is 0 Å². The molecule has 1 aliphatic heterocycles. The van der Waals surface area contributed by atoms with E-state index >= 15 is 0 Å². The molecule has 0 spiro atoms. The molecule has 1 saturated heterocycles. The second kappa shape index (κ2) is 8.71. The van der Waals surface area contributed by atoms with Crippen molar-refractivity contribution in [1.82, 2.24) is 0 Å². The van der Waals surface area contributed by atoms with Gasteiger partial charge in [0.1, 0.15) is 24.1 Å². The third-order valence-corrected chi connectivity index (χ3v) is 5.28. The minimum Gasteiger partial charge on any atom is -0.465 e. The van der Waals surface area contributed by atoms with Crippen molar-refractivity contribution in [1.29, 1.82) is 0 Å². The van der Waals surface area contributed by atoms with Crippen LogP contribution in [0.25, 0.3) is 11.1 Å². The molecule has 1 heterocycles. The molecule has 0 aliphatic carbocycles. The van der Waals surface area contributed by atoms with Crippen LogP contribution in [0.2, 0.25) is 0 Å². The van der Waals surface area contributed by atoms with Crippen molar-refractivity contribution in [2.24, 2.45) is 0 Å². The molecule has 4 N–H and O–H groups in total. The first-order chi connectivity index (χ1) is 14.2. The maximum Gasteiger partial charge on any atom is 0.337 e. The number of aliphatic hydroxyl groups is 4. The number of carbonyl (C=O) groups is 1. The highest BCUT2D eigenvalue weighted by atomic mass is 16.7. The molecule has 1 fully saturated rings. The summed E-state index contributed by atoms with van der Waals surface area (Å²) in [7, 11) is 1.32. The first-order valence-electron chi connectivity index (χ1n) is 9.50. The third kappa shape index (κ3) is 4.19. The first-order valence-corrected chi connectivity index (χ1v) is 9.50. The van der Waals surface area contributed by atoms with Crippen LogP contribution in [-0.4, -0.2) is 70.3 Å². The highest BCUT2D eigenvalue weighted by molar-refractivity contribution is 5.91. The fraction of sp³-hybridized carbons (Fsp3) is 0.409. The lowest BCUT2D eigenvalue weighted by Crippen LogP contribution is -2.66. The van der Waals surface area contributed by atoms with Crippen molar-refractivity contribution in [3.05, 3.63) is 53.6 Å². The lowest BCUT2D eigenvalue weighted by Gasteiger charge is -2.45. The van der Waals surface area contributed by atoms with Crippen molar-refractivity contribution in [2.45, 2.75) is 44.1 Å². The van der Waals surface area contributed by atoms with Gasteiger partial charge in [-0.2, -0.15) is 0 Å². The summed E-state index contributed by atoms with van der Waals surface area (Å²) in [6.07, 6.45) is -5.41. The zero-order valence-corrected chi connectivity index (χ0v) is 17.0. The molecule has 5 atom stereocenters. The highest BCUT2D eigenvalue weighted by Gasteiger charge is 2.53. The van der Waals surface area contributed by atoms with Crippen molar-refractivity contribution in [2.75, 3.05) is 13.7 Å². The quantitative estimate of drug-likeness (QED) is 0.531. The van der Waals surface area contributed by atoms with Gasteiger partial charge in [-0.25, -0.2) is 4.79 Å². The monoisotopic (exact) mass is 418 g/mol. The van der Waals surface area contributed by atoms with Crippen molar-refractivity contribution >= 4 is 5.97 Å². The third-order valence-electron chi connectivity index (χ3n) is 5.28. The second-order valence-corrected chi connectivity index (χ2v) is 7.52. The lowest BCUT2D eigenvalue weighted by molar-refractivity contribution is -0.314. The fourth-order valence-corrected chi connectivity index (χ4v) is 3.38. The van der Waals surface area contributed by atoms with E-state index in [-0.39, 0.29) is 0 Å². The van der Waals surface area contributed by atoms with Crippen LogP contribution in [-0.2, 0) is 9.47 Å². The number of hydrogen-bond donors (Lipinski definition) is 4. The minimum absolute atomic E-state index is 0.397. The number of hydrogen-bond acceptors (Lipinski definition) is 8. The minimum atomic E-state index is -1.90. The maximum absolute atomic E-state index is 11.8. The summed E-state index contributed by atoms with van der Waals surface area (Å²) in [5.74, 6) is -0.0298. The van der Waals surface area contributed by atoms with Crippen LogP contribution in [0.5, 0.6) is 5.75 Å². The number of methoxy groups -OCH3 is 1. The Hall–Kier alpha value is -2.49. The van der Waals surface area contributed by atoms with E-state index in [1.54, 1.807) is 37.3 Å². The van der Waals surface area contributed by atoms with E-state index in [1.165, 1.54) is 14.0 Å². The van der Waals surface area contributed by atoms with Crippen LogP contribution in [0.4, 0.5) is 0 Å². The van der Waals surface area contributed by atoms with Gasteiger partial charge in [-0.15, -0.1) is 0 Å². The molecule has 8 heteroatoms. The van der Waals surface area contributed by atoms with Gasteiger partial charge < -0.3 is 34.6 Å². The van der Waals surface area contributed by atoms with Gasteiger partial charge in [0.05, 0.1) is 19.3 Å². The van der Waals surface area contributed by atoms with Gasteiger partial charge in [0.2, 0.25) is 6.29 Å². The summed E-state index contributed by atoms with van der Waals surface area (Å²) in [5, 5.41) is 40.1. The van der Waals surface area contributed by atoms with E-state index in [4.69, 9.17) is 14.2 Å². The molecule has 30 heavy (non-hydrogen) atoms. The van der Waals surface area contributed by atoms with E-state index in [0.717, 1.165) is 16.7 Å². The Labute approximate surface area is 174 Å². The molecule has 1 aliphatic rings. The predicted molar refractivity (Wildman–Crippen MR) is 107 cm³/mol. The Morgan fingerprint density at radius 3 is 2.50 bits per heavy atom. The summed E-state index contributed by atoms with van der Waals surface area (Å²) in [6, 6.07) is 12.3. The summed E-state index contributed by atoms with van der Waals surface area (Å²) in [5.41, 5.74) is 0.905. The van der Waals surface area contributed by atoms with Gasteiger partial charge in [-0.05, 0) is 54.8 Å². The van der Waals surface area contributed by atoms with Gasteiger partial charge in [0, 0.05) is 0 Å². The zero-order valence-electron chi connectivity index (χ0n) is 17.0. The van der Waals surface area contributed by atoms with Crippen LogP contribution in [0.1, 0.15) is 22.8 Å². The van der Waals surface area contributed by atoms with Gasteiger partial charge in [0.15, 0.2) is 5.60 Å². The normalized spacial score (nSPS) is 28.8. The van der Waals surface area contributed by atoms with Gasteiger partial charge in [-0.1, -0.05) is 18.2 Å². The molecule has 0 aromatic heterocycles. The van der Waals surface area contributed by atoms with Crippen molar-refractivity contribution < 1.29 is 39.4 Å². The number of benzene rings is 2. The van der Waals surface area contributed by atoms with Crippen LogP contribution in [0, 0.1) is 6.92 Å². The molecule has 3 rings (SSSR count). The molecule has 0 amide bonds. The van der Waals surface area contributed by atoms with E-state index in [9.17, 15) is 25.2 Å². The van der Waals surface area contributed by atoms with E-state index < -0.39 is 42.8 Å². The predicted octanol–water partition coefficient (Wildman–Crippen LogP) is 1.02. The van der Waals surface area contributed by atoms with E-state index in [1.807, 2.05) is 12.1 Å². The largest absolute Gasteiger partial charge is 0.465 e. The fourth-order valence-electron chi connectivity index (χ4n) is 3.38. The standard InChI is InChI=1S/C22H26O8/c1-12-9-14(13-5-4-6-15(10-13)20(26)28-3)7-8-16(12)29-21-22(2,27)19(25)18(24)17(11-23)30-21/h4-10,17-19,21,23-25,27H,11H2,1-3H3/t17-,18-,19+,21?,22+/m1/s1. The summed E-state index contributed by atoms with van der Waals surface area (Å²) in [6.45, 7) is 2.55. The SMILES string of the molecule is COC(=O)c1cccc(-c2ccc(OC3O[C@H](CO)[C@@H](O)[C@H](O)[C@]3(C)O)c(C)c2)c1. The molecule has 0 saturated carbocycles. The van der Waals surface area contributed by atoms with Crippen LogP contribution in [0.15, 0.2) is 42.5 Å². The molecule has 162 valence electrons. The number of ether oxygens (including phenoxy) is 3. The molecule has 0 bridgehead atoms. The lowest BCUT2D eigenvalue weighted by atomic mass is 9.88. The number of esters is 1. The molecule has 8 nitrogen and oxygen atoms in total. The number of aryl methyl sites for hydroxylation is 1. The summed E-state index contributed by atoms with van der Waals surface area (Å²) >= 11 is 0. The molecule has 1 unspecified atom stereocenters. The highest BCUT2D eigenvalue weighted by Crippen LogP contribution is 2.34. The Morgan fingerprint density at radius 1 is 1.17 bits per heavy atom. The molecule has 2 aromatic rings. The van der Waals surface area contributed by atoms with Crippen LogP contribution in [0.3, 0.4) is 0 Å². The van der Waals surface area contributed by atoms with Gasteiger partial charge in [0.25, 0.3) is 0 Å². The topological polar surface area (TPSA) is 126 Å². The van der Waals surface area contributed by atoms with Crippen molar-refractivity contribution in [3.8, 4) is 16.9 Å². The Bertz CT molecular complexity index is 910. The summed E-state index contributed by atoms with van der Waals surface area (Å²) in [4.78, 5) is 11.8.